The van der Waals surface area contributed by atoms with Crippen LogP contribution in [0.1, 0.15) is 44.6 Å². The molecular formula is C16H22S. The van der Waals surface area contributed by atoms with Gasteiger partial charge in [0.15, 0.2) is 0 Å². The van der Waals surface area contributed by atoms with E-state index in [1.165, 1.54) is 48.3 Å². The Morgan fingerprint density at radius 1 is 1.35 bits per heavy atom. The lowest BCUT2D eigenvalue weighted by Crippen LogP contribution is -2.27. The lowest BCUT2D eigenvalue weighted by atomic mass is 9.74. The molecular weight excluding hydrogens is 224 g/mol. The number of rotatable bonds is 5. The van der Waals surface area contributed by atoms with Crippen molar-refractivity contribution in [1.29, 1.82) is 0 Å². The molecule has 17 heavy (non-hydrogen) atoms. The summed E-state index contributed by atoms with van der Waals surface area (Å²) in [7, 11) is 0. The molecule has 1 heterocycles. The first-order valence-electron chi connectivity index (χ1n) is 6.68. The summed E-state index contributed by atoms with van der Waals surface area (Å²) in [5, 5.41) is 0. The van der Waals surface area contributed by atoms with Crippen LogP contribution < -0.4 is 0 Å². The van der Waals surface area contributed by atoms with E-state index in [1.807, 2.05) is 11.8 Å². The second-order valence-corrected chi connectivity index (χ2v) is 6.05. The second kappa shape index (κ2) is 5.77. The van der Waals surface area contributed by atoms with Gasteiger partial charge in [-0.05, 0) is 30.2 Å². The molecule has 92 valence electrons. The molecule has 0 unspecified atom stereocenters. The zero-order chi connectivity index (χ0) is 12.1. The van der Waals surface area contributed by atoms with Gasteiger partial charge in [-0.25, -0.2) is 0 Å². The third kappa shape index (κ3) is 2.60. The summed E-state index contributed by atoms with van der Waals surface area (Å²) in [6.45, 7) is 6.39. The molecule has 0 fully saturated rings. The van der Waals surface area contributed by atoms with Gasteiger partial charge in [-0.1, -0.05) is 50.5 Å². The van der Waals surface area contributed by atoms with E-state index in [4.69, 9.17) is 0 Å². The highest BCUT2D eigenvalue weighted by Crippen LogP contribution is 2.45. The molecule has 0 aromatic heterocycles. The van der Waals surface area contributed by atoms with E-state index in [1.54, 1.807) is 0 Å². The normalized spacial score (nSPS) is 23.1. The molecule has 0 aliphatic carbocycles. The van der Waals surface area contributed by atoms with Crippen LogP contribution in [-0.4, -0.2) is 5.75 Å². The Hall–Kier alpha value is -0.690. The first kappa shape index (κ1) is 12.8. The SMILES string of the molecule is C=C[C@]1(CCCCC)CCSc2ccccc21. The standard InChI is InChI=1S/C16H22S/c1-3-5-8-11-16(4-2)12-13-17-15-10-7-6-9-14(15)16/h4,6-7,9-10H,2-3,5,8,11-13H2,1H3/t16-/m0/s1. The zero-order valence-electron chi connectivity index (χ0n) is 10.7. The monoisotopic (exact) mass is 246 g/mol. The maximum absolute atomic E-state index is 4.12. The van der Waals surface area contributed by atoms with Gasteiger partial charge in [-0.2, -0.15) is 0 Å². The van der Waals surface area contributed by atoms with Crippen LogP contribution in [0.2, 0.25) is 0 Å². The lowest BCUT2D eigenvalue weighted by molar-refractivity contribution is 0.439. The zero-order valence-corrected chi connectivity index (χ0v) is 11.6. The molecule has 1 aliphatic rings. The van der Waals surface area contributed by atoms with Crippen molar-refractivity contribution < 1.29 is 0 Å². The van der Waals surface area contributed by atoms with Gasteiger partial charge >= 0.3 is 0 Å². The number of unbranched alkanes of at least 4 members (excludes halogenated alkanes) is 2. The maximum atomic E-state index is 4.12. The largest absolute Gasteiger partial charge is 0.126 e. The highest BCUT2D eigenvalue weighted by atomic mass is 32.2. The predicted octanol–water partition coefficient (Wildman–Crippen LogP) is 5.19. The van der Waals surface area contributed by atoms with E-state index in [-0.39, 0.29) is 5.41 Å². The molecule has 0 saturated heterocycles. The Balaban J connectivity index is 2.25. The minimum absolute atomic E-state index is 0.247. The summed E-state index contributed by atoms with van der Waals surface area (Å²) < 4.78 is 0. The molecule has 0 spiro atoms. The van der Waals surface area contributed by atoms with Gasteiger partial charge < -0.3 is 0 Å². The van der Waals surface area contributed by atoms with Gasteiger partial charge in [0.2, 0.25) is 0 Å². The average molecular weight is 246 g/mol. The third-order valence-electron chi connectivity index (χ3n) is 3.85. The number of hydrogen-bond donors (Lipinski definition) is 0. The summed E-state index contributed by atoms with van der Waals surface area (Å²) in [5.74, 6) is 1.23. The fourth-order valence-corrected chi connectivity index (χ4v) is 4.03. The summed E-state index contributed by atoms with van der Waals surface area (Å²) >= 11 is 2.00. The Labute approximate surface area is 110 Å². The Kier molecular flexibility index (Phi) is 4.33. The average Bonchev–Trinajstić information content (AvgIpc) is 2.39. The minimum Gasteiger partial charge on any atom is -0.126 e. The molecule has 1 aromatic rings. The van der Waals surface area contributed by atoms with Crippen LogP contribution in [0.4, 0.5) is 0 Å². The van der Waals surface area contributed by atoms with Gasteiger partial charge in [-0.15, -0.1) is 18.3 Å². The fraction of sp³-hybridized carbons (Fsp3) is 0.500. The van der Waals surface area contributed by atoms with Crippen LogP contribution in [0.3, 0.4) is 0 Å². The number of benzene rings is 1. The van der Waals surface area contributed by atoms with Crippen molar-refractivity contribution in [1.82, 2.24) is 0 Å². The molecule has 1 aromatic carbocycles. The van der Waals surface area contributed by atoms with E-state index in [2.05, 4.69) is 43.8 Å². The molecule has 0 N–H and O–H groups in total. The Bertz CT molecular complexity index is 383. The van der Waals surface area contributed by atoms with Crippen LogP contribution in [0, 0.1) is 0 Å². The Morgan fingerprint density at radius 3 is 2.94 bits per heavy atom. The van der Waals surface area contributed by atoms with Gasteiger partial charge in [0.1, 0.15) is 0 Å². The molecule has 0 saturated carbocycles. The highest BCUT2D eigenvalue weighted by Gasteiger charge is 2.33. The van der Waals surface area contributed by atoms with Crippen LogP contribution in [0.25, 0.3) is 0 Å². The van der Waals surface area contributed by atoms with Gasteiger partial charge in [0.25, 0.3) is 0 Å². The van der Waals surface area contributed by atoms with Crippen molar-refractivity contribution in [3.63, 3.8) is 0 Å². The molecule has 0 radical (unpaired) electrons. The number of hydrogen-bond acceptors (Lipinski definition) is 1. The topological polar surface area (TPSA) is 0 Å². The van der Waals surface area contributed by atoms with Crippen LogP contribution in [0.15, 0.2) is 41.8 Å². The van der Waals surface area contributed by atoms with E-state index in [9.17, 15) is 0 Å². The van der Waals surface area contributed by atoms with Crippen molar-refractivity contribution in [2.24, 2.45) is 0 Å². The highest BCUT2D eigenvalue weighted by molar-refractivity contribution is 7.99. The first-order chi connectivity index (χ1) is 8.32. The van der Waals surface area contributed by atoms with Crippen LogP contribution >= 0.6 is 11.8 Å². The predicted molar refractivity (Wildman–Crippen MR) is 77.8 cm³/mol. The molecule has 1 aliphatic heterocycles. The molecule has 1 heteroatoms. The van der Waals surface area contributed by atoms with Crippen molar-refractivity contribution in [3.05, 3.63) is 42.5 Å². The Morgan fingerprint density at radius 2 is 2.18 bits per heavy atom. The number of thioether (sulfide) groups is 1. The van der Waals surface area contributed by atoms with Crippen molar-refractivity contribution in [3.8, 4) is 0 Å². The maximum Gasteiger partial charge on any atom is 0.0148 e. The first-order valence-corrected chi connectivity index (χ1v) is 7.67. The molecule has 2 rings (SSSR count). The summed E-state index contributed by atoms with van der Waals surface area (Å²) in [5.41, 5.74) is 1.76. The van der Waals surface area contributed by atoms with Gasteiger partial charge in [0, 0.05) is 10.3 Å². The van der Waals surface area contributed by atoms with Crippen molar-refractivity contribution in [2.75, 3.05) is 5.75 Å². The molecule has 0 nitrogen and oxygen atoms in total. The van der Waals surface area contributed by atoms with Gasteiger partial charge in [0.05, 0.1) is 0 Å². The minimum atomic E-state index is 0.247. The quantitative estimate of drug-likeness (QED) is 0.509. The molecule has 0 amide bonds. The summed E-state index contributed by atoms with van der Waals surface area (Å²) in [6, 6.07) is 8.88. The van der Waals surface area contributed by atoms with Crippen LogP contribution in [-0.2, 0) is 5.41 Å². The molecule has 1 atom stereocenters. The van der Waals surface area contributed by atoms with E-state index >= 15 is 0 Å². The van der Waals surface area contributed by atoms with Crippen molar-refractivity contribution >= 4 is 11.8 Å². The molecule has 0 bridgehead atoms. The number of allylic oxidation sites excluding steroid dienone is 1. The number of fused-ring (bicyclic) bond motifs is 1. The summed E-state index contributed by atoms with van der Waals surface area (Å²) in [4.78, 5) is 1.47. The lowest BCUT2D eigenvalue weighted by Gasteiger charge is -2.36. The second-order valence-electron chi connectivity index (χ2n) is 4.91. The van der Waals surface area contributed by atoms with E-state index in [0.29, 0.717) is 0 Å². The fourth-order valence-electron chi connectivity index (χ4n) is 2.75. The van der Waals surface area contributed by atoms with E-state index in [0.717, 1.165) is 0 Å². The third-order valence-corrected chi connectivity index (χ3v) is 4.92. The van der Waals surface area contributed by atoms with Gasteiger partial charge in [-0.3, -0.25) is 0 Å². The van der Waals surface area contributed by atoms with Crippen molar-refractivity contribution in [2.45, 2.75) is 49.3 Å². The van der Waals surface area contributed by atoms with E-state index < -0.39 is 0 Å². The smallest absolute Gasteiger partial charge is 0.0148 e. The van der Waals surface area contributed by atoms with Crippen LogP contribution in [0.5, 0.6) is 0 Å². The summed E-state index contributed by atoms with van der Waals surface area (Å²) in [6.07, 6.45) is 8.68.